The van der Waals surface area contributed by atoms with Gasteiger partial charge in [-0.05, 0) is 23.4 Å². The first-order valence-corrected chi connectivity index (χ1v) is 10.4. The largest absolute Gasteiger partial charge is 0.396 e. The van der Waals surface area contributed by atoms with Gasteiger partial charge in [0.2, 0.25) is 0 Å². The van der Waals surface area contributed by atoms with E-state index in [0.29, 0.717) is 6.04 Å². The first-order valence-electron chi connectivity index (χ1n) is 9.51. The number of aromatic nitrogens is 2. The van der Waals surface area contributed by atoms with Crippen LogP contribution in [0, 0.1) is 0 Å². The molecule has 142 valence electrons. The van der Waals surface area contributed by atoms with Gasteiger partial charge in [0.1, 0.15) is 0 Å². The first-order chi connectivity index (χ1) is 13.3. The predicted molar refractivity (Wildman–Crippen MR) is 110 cm³/mol. The van der Waals surface area contributed by atoms with Gasteiger partial charge in [0.05, 0.1) is 11.9 Å². The van der Waals surface area contributed by atoms with Crippen LogP contribution in [0.15, 0.2) is 54.0 Å². The molecule has 1 unspecified atom stereocenters. The summed E-state index contributed by atoms with van der Waals surface area (Å²) in [5, 5.41) is 19.1. The van der Waals surface area contributed by atoms with Crippen molar-refractivity contribution in [1.29, 1.82) is 0 Å². The van der Waals surface area contributed by atoms with Gasteiger partial charge in [-0.1, -0.05) is 36.4 Å². The smallest absolute Gasteiger partial charge is 0.0695 e. The van der Waals surface area contributed by atoms with Gasteiger partial charge < -0.3 is 5.11 Å². The average Bonchev–Trinajstić information content (AvgIpc) is 3.37. The van der Waals surface area contributed by atoms with Gasteiger partial charge in [0.25, 0.3) is 0 Å². The maximum absolute atomic E-state index is 9.54. The Kier molecular flexibility index (Phi) is 5.99. The molecule has 2 aromatic heterocycles. The molecule has 3 aromatic rings. The van der Waals surface area contributed by atoms with Crippen molar-refractivity contribution in [1.82, 2.24) is 20.0 Å². The van der Waals surface area contributed by atoms with E-state index in [0.717, 1.165) is 44.8 Å². The Bertz CT molecular complexity index is 818. The number of H-pyrrole nitrogens is 1. The molecule has 2 N–H and O–H groups in total. The number of benzene rings is 1. The zero-order valence-corrected chi connectivity index (χ0v) is 16.2. The number of nitrogens with zero attached hydrogens (tertiary/aromatic N) is 3. The summed E-state index contributed by atoms with van der Waals surface area (Å²) in [5.41, 5.74) is 3.51. The molecule has 1 aromatic carbocycles. The molecule has 6 heteroatoms. The minimum atomic E-state index is 0.237. The monoisotopic (exact) mass is 382 g/mol. The van der Waals surface area contributed by atoms with E-state index in [1.807, 2.05) is 23.6 Å². The van der Waals surface area contributed by atoms with Crippen molar-refractivity contribution in [2.45, 2.75) is 25.6 Å². The van der Waals surface area contributed by atoms with Crippen molar-refractivity contribution < 1.29 is 5.11 Å². The van der Waals surface area contributed by atoms with Crippen LogP contribution in [-0.2, 0) is 13.1 Å². The number of piperazine rings is 1. The molecule has 1 aliphatic heterocycles. The lowest BCUT2D eigenvalue weighted by Gasteiger charge is -2.41. The van der Waals surface area contributed by atoms with E-state index in [4.69, 9.17) is 0 Å². The maximum Gasteiger partial charge on any atom is 0.0695 e. The van der Waals surface area contributed by atoms with Crippen LogP contribution in [0.25, 0.3) is 11.3 Å². The molecule has 0 aliphatic carbocycles. The number of rotatable bonds is 7. The second kappa shape index (κ2) is 8.80. The van der Waals surface area contributed by atoms with Crippen molar-refractivity contribution in [2.75, 3.05) is 26.2 Å². The third kappa shape index (κ3) is 4.47. The molecule has 0 amide bonds. The van der Waals surface area contributed by atoms with Crippen LogP contribution in [0.4, 0.5) is 0 Å². The van der Waals surface area contributed by atoms with Crippen LogP contribution in [0.2, 0.25) is 0 Å². The Morgan fingerprint density at radius 3 is 2.78 bits per heavy atom. The number of aromatic amines is 1. The average molecular weight is 383 g/mol. The first kappa shape index (κ1) is 18.4. The van der Waals surface area contributed by atoms with Gasteiger partial charge in [-0.3, -0.25) is 14.9 Å². The van der Waals surface area contributed by atoms with E-state index in [1.165, 1.54) is 16.0 Å². The summed E-state index contributed by atoms with van der Waals surface area (Å²) >= 11 is 1.81. The lowest BCUT2D eigenvalue weighted by molar-refractivity contribution is 0.0507. The molecule has 0 spiro atoms. The van der Waals surface area contributed by atoms with Crippen LogP contribution in [0.5, 0.6) is 0 Å². The van der Waals surface area contributed by atoms with Gasteiger partial charge in [-0.2, -0.15) is 5.10 Å². The summed E-state index contributed by atoms with van der Waals surface area (Å²) in [4.78, 5) is 6.40. The van der Waals surface area contributed by atoms with Crippen molar-refractivity contribution in [2.24, 2.45) is 0 Å². The highest BCUT2D eigenvalue weighted by molar-refractivity contribution is 7.09. The molecular formula is C21H26N4OS. The fraction of sp³-hybridized carbons (Fsp3) is 0.381. The Morgan fingerprint density at radius 1 is 1.11 bits per heavy atom. The van der Waals surface area contributed by atoms with Crippen LogP contribution < -0.4 is 0 Å². The summed E-state index contributed by atoms with van der Waals surface area (Å²) in [5.74, 6) is 0. The molecular weight excluding hydrogens is 356 g/mol. The van der Waals surface area contributed by atoms with Crippen molar-refractivity contribution >= 4 is 11.3 Å². The highest BCUT2D eigenvalue weighted by Gasteiger charge is 2.27. The number of hydrogen-bond acceptors (Lipinski definition) is 5. The maximum atomic E-state index is 9.54. The summed E-state index contributed by atoms with van der Waals surface area (Å²) < 4.78 is 0. The number of hydrogen-bond donors (Lipinski definition) is 2. The molecule has 5 nitrogen and oxygen atoms in total. The van der Waals surface area contributed by atoms with Crippen LogP contribution >= 0.6 is 11.3 Å². The van der Waals surface area contributed by atoms with Gasteiger partial charge in [-0.25, -0.2) is 0 Å². The Labute approximate surface area is 164 Å². The van der Waals surface area contributed by atoms with Crippen molar-refractivity contribution in [3.63, 3.8) is 0 Å². The third-order valence-electron chi connectivity index (χ3n) is 5.26. The predicted octanol–water partition coefficient (Wildman–Crippen LogP) is 3.21. The molecule has 0 saturated carbocycles. The highest BCUT2D eigenvalue weighted by Crippen LogP contribution is 2.24. The standard InChI is InChI=1S/C21H26N4OS/c26-11-8-19-15-24(9-10-25(19)16-20-7-4-12-27-20)14-18-13-22-23-21(18)17-5-2-1-3-6-17/h1-7,12-13,19,26H,8-11,14-16H2,(H,22,23). The van der Waals surface area contributed by atoms with E-state index in [-0.39, 0.29) is 6.61 Å². The Balaban J connectivity index is 1.43. The minimum absolute atomic E-state index is 0.237. The number of nitrogens with one attached hydrogen (secondary N) is 1. The molecule has 1 fully saturated rings. The van der Waals surface area contributed by atoms with E-state index in [9.17, 15) is 5.11 Å². The van der Waals surface area contributed by atoms with Crippen molar-refractivity contribution in [3.05, 3.63) is 64.5 Å². The van der Waals surface area contributed by atoms with Gasteiger partial charge in [0, 0.05) is 55.8 Å². The van der Waals surface area contributed by atoms with Crippen LogP contribution in [0.3, 0.4) is 0 Å². The molecule has 3 heterocycles. The molecule has 1 atom stereocenters. The highest BCUT2D eigenvalue weighted by atomic mass is 32.1. The summed E-state index contributed by atoms with van der Waals surface area (Å²) in [7, 11) is 0. The molecule has 27 heavy (non-hydrogen) atoms. The second-order valence-electron chi connectivity index (χ2n) is 7.09. The zero-order chi connectivity index (χ0) is 18.5. The second-order valence-corrected chi connectivity index (χ2v) is 8.12. The minimum Gasteiger partial charge on any atom is -0.396 e. The van der Waals surface area contributed by atoms with Gasteiger partial charge in [0.15, 0.2) is 0 Å². The lowest BCUT2D eigenvalue weighted by atomic mass is 10.1. The van der Waals surface area contributed by atoms with Crippen LogP contribution in [0.1, 0.15) is 16.9 Å². The normalized spacial score (nSPS) is 18.8. The molecule has 1 saturated heterocycles. The number of aliphatic hydroxyl groups is 1. The van der Waals surface area contributed by atoms with Crippen molar-refractivity contribution in [3.8, 4) is 11.3 Å². The summed E-state index contributed by atoms with van der Waals surface area (Å²) in [6, 6.07) is 15.1. The number of aliphatic hydroxyl groups excluding tert-OH is 1. The fourth-order valence-electron chi connectivity index (χ4n) is 3.86. The zero-order valence-electron chi connectivity index (χ0n) is 15.4. The van der Waals surface area contributed by atoms with E-state index < -0.39 is 0 Å². The summed E-state index contributed by atoms with van der Waals surface area (Å²) in [6.45, 7) is 5.15. The fourth-order valence-corrected chi connectivity index (χ4v) is 4.59. The summed E-state index contributed by atoms with van der Waals surface area (Å²) in [6.07, 6.45) is 2.76. The Hall–Kier alpha value is -1.99. The van der Waals surface area contributed by atoms with E-state index in [2.05, 4.69) is 61.8 Å². The van der Waals surface area contributed by atoms with Gasteiger partial charge >= 0.3 is 0 Å². The van der Waals surface area contributed by atoms with Crippen LogP contribution in [-0.4, -0.2) is 57.4 Å². The molecule has 0 radical (unpaired) electrons. The Morgan fingerprint density at radius 2 is 2.00 bits per heavy atom. The third-order valence-corrected chi connectivity index (χ3v) is 6.13. The quantitative estimate of drug-likeness (QED) is 0.659. The number of thiophene rings is 1. The topological polar surface area (TPSA) is 55.4 Å². The van der Waals surface area contributed by atoms with E-state index >= 15 is 0 Å². The van der Waals surface area contributed by atoms with E-state index in [1.54, 1.807) is 0 Å². The van der Waals surface area contributed by atoms with Gasteiger partial charge in [-0.15, -0.1) is 11.3 Å². The molecule has 4 rings (SSSR count). The molecule has 0 bridgehead atoms. The molecule has 1 aliphatic rings. The SMILES string of the molecule is OCCC1CN(Cc2cn[nH]c2-c2ccccc2)CCN1Cc1cccs1. The lowest BCUT2D eigenvalue weighted by Crippen LogP contribution is -2.52.